The van der Waals surface area contributed by atoms with Gasteiger partial charge in [-0.25, -0.2) is 4.79 Å². The second-order valence-electron chi connectivity index (χ2n) is 8.74. The van der Waals surface area contributed by atoms with Gasteiger partial charge >= 0.3 is 12.3 Å². The lowest BCUT2D eigenvalue weighted by atomic mass is 9.86. The van der Waals surface area contributed by atoms with Gasteiger partial charge in [-0.3, -0.25) is 5.32 Å². The summed E-state index contributed by atoms with van der Waals surface area (Å²) in [5.74, 6) is 0.259. The Hall–Kier alpha value is -3.07. The Bertz CT molecular complexity index is 1030. The van der Waals surface area contributed by atoms with Crippen LogP contribution in [-0.2, 0) is 15.9 Å². The van der Waals surface area contributed by atoms with E-state index in [0.29, 0.717) is 43.6 Å². The number of halogens is 3. The summed E-state index contributed by atoms with van der Waals surface area (Å²) in [6.45, 7) is 5.04. The predicted molar refractivity (Wildman–Crippen MR) is 118 cm³/mol. The maximum Gasteiger partial charge on any atom is 0.430 e. The van der Waals surface area contributed by atoms with E-state index < -0.39 is 23.4 Å². The van der Waals surface area contributed by atoms with Crippen molar-refractivity contribution in [2.24, 2.45) is 5.16 Å². The first-order valence-electron chi connectivity index (χ1n) is 10.9. The van der Waals surface area contributed by atoms with Gasteiger partial charge in [0.05, 0.1) is 11.3 Å². The number of benzene rings is 2. The Labute approximate surface area is 190 Å². The molecule has 0 unspecified atom stereocenters. The van der Waals surface area contributed by atoms with Gasteiger partial charge in [0.15, 0.2) is 0 Å². The van der Waals surface area contributed by atoms with Crippen LogP contribution in [0.4, 0.5) is 23.7 Å². The van der Waals surface area contributed by atoms with Gasteiger partial charge in [0.2, 0.25) is 0 Å². The van der Waals surface area contributed by atoms with Crippen molar-refractivity contribution >= 4 is 17.5 Å². The molecule has 2 aromatic rings. The first-order valence-corrected chi connectivity index (χ1v) is 10.9. The third kappa shape index (κ3) is 5.30. The zero-order chi connectivity index (χ0) is 23.6. The van der Waals surface area contributed by atoms with E-state index in [-0.39, 0.29) is 5.92 Å². The molecular formula is C24H26F3N3O3. The van der Waals surface area contributed by atoms with E-state index in [1.165, 1.54) is 12.1 Å². The van der Waals surface area contributed by atoms with Crippen LogP contribution in [0, 0.1) is 0 Å². The van der Waals surface area contributed by atoms with Crippen LogP contribution < -0.4 is 5.32 Å². The highest BCUT2D eigenvalue weighted by atomic mass is 19.4. The molecule has 2 heterocycles. The number of hydroxylamine groups is 2. The lowest BCUT2D eigenvalue weighted by Gasteiger charge is -2.35. The van der Waals surface area contributed by atoms with Gasteiger partial charge in [0, 0.05) is 38.0 Å². The van der Waals surface area contributed by atoms with E-state index in [1.54, 1.807) is 5.06 Å². The zero-order valence-corrected chi connectivity index (χ0v) is 18.5. The number of piperidine rings is 1. The molecule has 0 aliphatic carbocycles. The maximum atomic E-state index is 12.8. The van der Waals surface area contributed by atoms with Crippen LogP contribution in [0.1, 0.15) is 55.7 Å². The summed E-state index contributed by atoms with van der Waals surface area (Å²) >= 11 is 0. The van der Waals surface area contributed by atoms with Gasteiger partial charge in [-0.1, -0.05) is 49.3 Å². The maximum absolute atomic E-state index is 12.8. The fraction of sp³-hybridized carbons (Fsp3) is 0.417. The van der Waals surface area contributed by atoms with Crippen LogP contribution in [0.25, 0.3) is 0 Å². The largest absolute Gasteiger partial charge is 0.430 e. The molecule has 9 heteroatoms. The zero-order valence-electron chi connectivity index (χ0n) is 18.5. The van der Waals surface area contributed by atoms with Crippen molar-refractivity contribution in [3.8, 4) is 0 Å². The molecule has 4 rings (SSSR count). The molecule has 33 heavy (non-hydrogen) atoms. The van der Waals surface area contributed by atoms with Crippen LogP contribution >= 0.6 is 0 Å². The van der Waals surface area contributed by atoms with Crippen molar-refractivity contribution in [3.63, 3.8) is 0 Å². The summed E-state index contributed by atoms with van der Waals surface area (Å²) < 4.78 is 38.4. The van der Waals surface area contributed by atoms with E-state index in [1.807, 2.05) is 24.3 Å². The number of rotatable bonds is 4. The van der Waals surface area contributed by atoms with Crippen LogP contribution in [0.5, 0.6) is 0 Å². The average molecular weight is 461 g/mol. The summed E-state index contributed by atoms with van der Waals surface area (Å²) in [6.07, 6.45) is -3.26. The summed E-state index contributed by atoms with van der Waals surface area (Å²) in [6, 6.07) is 12.5. The fourth-order valence-corrected chi connectivity index (χ4v) is 4.15. The lowest BCUT2D eigenvalue weighted by molar-refractivity contribution is -0.154. The van der Waals surface area contributed by atoms with Gasteiger partial charge in [-0.15, -0.1) is 5.06 Å². The fourth-order valence-electron chi connectivity index (χ4n) is 4.15. The van der Waals surface area contributed by atoms with Crippen molar-refractivity contribution in [1.82, 2.24) is 5.06 Å². The minimum absolute atomic E-state index is 0.259. The van der Waals surface area contributed by atoms with Crippen molar-refractivity contribution < 1.29 is 27.6 Å². The molecule has 176 valence electrons. The molecule has 2 aliphatic heterocycles. The Morgan fingerprint density at radius 1 is 1.12 bits per heavy atom. The van der Waals surface area contributed by atoms with E-state index >= 15 is 0 Å². The number of alkyl halides is 3. The number of amides is 1. The number of hydrogen-bond donors (Lipinski definition) is 1. The molecule has 6 nitrogen and oxygen atoms in total. The van der Waals surface area contributed by atoms with Crippen molar-refractivity contribution in [1.29, 1.82) is 0 Å². The molecule has 0 saturated carbocycles. The SMILES string of the molecule is CC(C)c1ccccc1NC(=O)ON1CCC2(CC1)CC(c1ccc(C(F)(F)F)cc1)=NO2. The lowest BCUT2D eigenvalue weighted by Crippen LogP contribution is -2.45. The number of anilines is 1. The predicted octanol–water partition coefficient (Wildman–Crippen LogP) is 5.95. The topological polar surface area (TPSA) is 63.2 Å². The Kier molecular flexibility index (Phi) is 6.34. The molecule has 2 aliphatic rings. The molecule has 0 aromatic heterocycles. The highest BCUT2D eigenvalue weighted by Gasteiger charge is 2.43. The summed E-state index contributed by atoms with van der Waals surface area (Å²) in [4.78, 5) is 23.6. The quantitative estimate of drug-likeness (QED) is 0.611. The third-order valence-electron chi connectivity index (χ3n) is 6.05. The van der Waals surface area contributed by atoms with Gasteiger partial charge < -0.3 is 9.68 Å². The average Bonchev–Trinajstić information content (AvgIpc) is 3.19. The van der Waals surface area contributed by atoms with Crippen LogP contribution in [0.3, 0.4) is 0 Å². The molecule has 2 aromatic carbocycles. The monoisotopic (exact) mass is 461 g/mol. The highest BCUT2D eigenvalue weighted by Crippen LogP contribution is 2.37. The number of para-hydroxylation sites is 1. The molecular weight excluding hydrogens is 435 g/mol. The standard InChI is InChI=1S/C24H26F3N3O3/c1-16(2)19-5-3-4-6-20(19)28-22(31)32-30-13-11-23(12-14-30)15-21(29-33-23)17-7-9-18(10-8-17)24(25,26)27/h3-10,16H,11-15H2,1-2H3,(H,28,31). The number of oxime groups is 1. The number of nitrogens with zero attached hydrogens (tertiary/aromatic N) is 2. The molecule has 0 radical (unpaired) electrons. The first kappa shape index (κ1) is 23.1. The molecule has 1 fully saturated rings. The summed E-state index contributed by atoms with van der Waals surface area (Å²) in [7, 11) is 0. The second-order valence-corrected chi connectivity index (χ2v) is 8.74. The van der Waals surface area contributed by atoms with Crippen LogP contribution in [0.15, 0.2) is 53.7 Å². The Morgan fingerprint density at radius 2 is 1.79 bits per heavy atom. The minimum Gasteiger partial charge on any atom is -0.388 e. The molecule has 1 N–H and O–H groups in total. The van der Waals surface area contributed by atoms with Crippen molar-refractivity contribution in [2.45, 2.75) is 50.8 Å². The normalized spacial score (nSPS) is 18.2. The van der Waals surface area contributed by atoms with Gasteiger partial charge in [-0.2, -0.15) is 13.2 Å². The number of hydrogen-bond acceptors (Lipinski definition) is 5. The van der Waals surface area contributed by atoms with E-state index in [4.69, 9.17) is 9.68 Å². The molecule has 1 spiro atoms. The smallest absolute Gasteiger partial charge is 0.388 e. The number of nitrogens with one attached hydrogen (secondary N) is 1. The Morgan fingerprint density at radius 3 is 2.42 bits per heavy atom. The second kappa shape index (κ2) is 9.05. The molecule has 1 saturated heterocycles. The van der Waals surface area contributed by atoms with E-state index in [2.05, 4.69) is 24.3 Å². The summed E-state index contributed by atoms with van der Waals surface area (Å²) in [5, 5.41) is 8.54. The Balaban J connectivity index is 1.29. The summed E-state index contributed by atoms with van der Waals surface area (Å²) in [5.41, 5.74) is 1.76. The van der Waals surface area contributed by atoms with E-state index in [9.17, 15) is 18.0 Å². The van der Waals surface area contributed by atoms with Crippen LogP contribution in [-0.4, -0.2) is 35.6 Å². The molecule has 0 atom stereocenters. The van der Waals surface area contributed by atoms with Crippen molar-refractivity contribution in [3.05, 3.63) is 65.2 Å². The highest BCUT2D eigenvalue weighted by molar-refractivity contribution is 6.01. The van der Waals surface area contributed by atoms with Gasteiger partial charge in [0.1, 0.15) is 5.60 Å². The van der Waals surface area contributed by atoms with Gasteiger partial charge in [0.25, 0.3) is 0 Å². The van der Waals surface area contributed by atoms with Crippen LogP contribution in [0.2, 0.25) is 0 Å². The number of carbonyl (C=O) groups excluding carboxylic acids is 1. The minimum atomic E-state index is -4.37. The third-order valence-corrected chi connectivity index (χ3v) is 6.05. The molecule has 1 amide bonds. The molecule has 0 bridgehead atoms. The first-order chi connectivity index (χ1) is 15.7. The van der Waals surface area contributed by atoms with E-state index in [0.717, 1.165) is 23.4 Å². The van der Waals surface area contributed by atoms with Gasteiger partial charge in [-0.05, 0) is 35.2 Å². The van der Waals surface area contributed by atoms with Crippen molar-refractivity contribution in [2.75, 3.05) is 18.4 Å². The number of carbonyl (C=O) groups is 1.